The Hall–Kier alpha value is -2.78. The normalized spacial score (nSPS) is 11.7. The minimum atomic E-state index is -3.56. The molecule has 166 valence electrons. The molecule has 10 nitrogen and oxygen atoms in total. The van der Waals surface area contributed by atoms with E-state index in [1.165, 1.54) is 6.20 Å². The average molecular weight is 448 g/mol. The van der Waals surface area contributed by atoms with Crippen molar-refractivity contribution in [2.24, 2.45) is 5.73 Å². The molecule has 0 bridgehead atoms. The molecule has 1 amide bonds. The molecule has 0 radical (unpaired) electrons. The van der Waals surface area contributed by atoms with Crippen LogP contribution in [0.4, 0.5) is 0 Å². The van der Waals surface area contributed by atoms with Crippen LogP contribution in [0.25, 0.3) is 22.7 Å². The van der Waals surface area contributed by atoms with Crippen LogP contribution in [0.3, 0.4) is 0 Å². The van der Waals surface area contributed by atoms with Crippen molar-refractivity contribution >= 4 is 13.7 Å². The highest BCUT2D eigenvalue weighted by molar-refractivity contribution is 7.48. The van der Waals surface area contributed by atoms with Crippen molar-refractivity contribution in [2.75, 3.05) is 19.8 Å². The molecule has 0 aliphatic rings. The first-order chi connectivity index (χ1) is 14.8. The zero-order chi connectivity index (χ0) is 22.4. The molecule has 0 spiro atoms. The zero-order valence-electron chi connectivity index (χ0n) is 17.6. The van der Waals surface area contributed by atoms with E-state index < -0.39 is 13.7 Å². The number of phosphoric ester groups is 1. The number of hydrogen-bond donors (Lipinski definition) is 1. The van der Waals surface area contributed by atoms with Crippen molar-refractivity contribution in [1.82, 2.24) is 14.8 Å². The van der Waals surface area contributed by atoms with Gasteiger partial charge in [0.15, 0.2) is 0 Å². The van der Waals surface area contributed by atoms with Crippen LogP contribution in [-0.4, -0.2) is 40.5 Å². The Bertz CT molecular complexity index is 1080. The number of oxazole rings is 1. The molecule has 2 heterocycles. The third kappa shape index (κ3) is 5.68. The van der Waals surface area contributed by atoms with E-state index in [4.69, 9.17) is 23.7 Å². The maximum Gasteiger partial charge on any atom is 0.474 e. The van der Waals surface area contributed by atoms with Gasteiger partial charge in [-0.05, 0) is 39.0 Å². The molecule has 0 unspecified atom stereocenters. The predicted molar refractivity (Wildman–Crippen MR) is 113 cm³/mol. The van der Waals surface area contributed by atoms with Crippen molar-refractivity contribution in [1.29, 1.82) is 0 Å². The van der Waals surface area contributed by atoms with E-state index in [1.54, 1.807) is 18.5 Å². The summed E-state index contributed by atoms with van der Waals surface area (Å²) in [5, 5.41) is 4.60. The summed E-state index contributed by atoms with van der Waals surface area (Å²) in [6.45, 7) is 6.30. The van der Waals surface area contributed by atoms with Gasteiger partial charge in [0.2, 0.25) is 11.7 Å². The standard InChI is InChI=1S/C20H25N4O6P/c1-4-27-31(26,28-5-2)29-10-9-24-14(3)11-17(23-24)15-7-6-8-16(12-15)20-22-13-18(30-20)19(21)25/h6-8,11-13H,4-5,9-10H2,1-3H3,(H2,21,25). The van der Waals surface area contributed by atoms with Crippen LogP contribution in [0.15, 0.2) is 40.9 Å². The highest BCUT2D eigenvalue weighted by atomic mass is 31.2. The van der Waals surface area contributed by atoms with Gasteiger partial charge in [0.05, 0.1) is 38.3 Å². The predicted octanol–water partition coefficient (Wildman–Crippen LogP) is 3.81. The first kappa shape index (κ1) is 22.9. The fourth-order valence-electron chi connectivity index (χ4n) is 2.88. The summed E-state index contributed by atoms with van der Waals surface area (Å²) >= 11 is 0. The largest absolute Gasteiger partial charge is 0.474 e. The van der Waals surface area contributed by atoms with E-state index in [-0.39, 0.29) is 25.6 Å². The first-order valence-electron chi connectivity index (χ1n) is 9.79. The van der Waals surface area contributed by atoms with Crippen LogP contribution in [0, 0.1) is 6.92 Å². The van der Waals surface area contributed by atoms with Gasteiger partial charge in [-0.2, -0.15) is 5.10 Å². The molecule has 0 aliphatic heterocycles. The molecule has 3 rings (SSSR count). The molecule has 0 saturated heterocycles. The van der Waals surface area contributed by atoms with E-state index in [9.17, 15) is 9.36 Å². The van der Waals surface area contributed by atoms with Gasteiger partial charge in [0.1, 0.15) is 0 Å². The molecule has 2 aromatic heterocycles. The molecule has 31 heavy (non-hydrogen) atoms. The molecule has 0 atom stereocenters. The Morgan fingerprint density at radius 2 is 1.87 bits per heavy atom. The number of nitrogens with two attached hydrogens (primary N) is 1. The maximum atomic E-state index is 12.4. The molecule has 2 N–H and O–H groups in total. The van der Waals surface area contributed by atoms with Crippen LogP contribution in [-0.2, 0) is 24.7 Å². The van der Waals surface area contributed by atoms with E-state index in [1.807, 2.05) is 37.3 Å². The molecule has 0 saturated carbocycles. The summed E-state index contributed by atoms with van der Waals surface area (Å²) in [5.74, 6) is -0.385. The SMILES string of the molecule is CCOP(=O)(OCC)OCCn1nc(-c2cccc(-c3ncc(C(N)=O)o3)c2)cc1C. The van der Waals surface area contributed by atoms with Gasteiger partial charge in [-0.25, -0.2) is 9.55 Å². The summed E-state index contributed by atoms with van der Waals surface area (Å²) in [5.41, 5.74) is 8.38. The number of carbonyl (C=O) groups is 1. The Morgan fingerprint density at radius 3 is 2.52 bits per heavy atom. The minimum absolute atomic E-state index is 0.00285. The fraction of sp³-hybridized carbons (Fsp3) is 0.350. The zero-order valence-corrected chi connectivity index (χ0v) is 18.5. The Labute approximate surface area is 179 Å². The number of rotatable bonds is 11. The monoisotopic (exact) mass is 448 g/mol. The Balaban J connectivity index is 1.73. The van der Waals surface area contributed by atoms with Crippen LogP contribution in [0.2, 0.25) is 0 Å². The Kier molecular flexibility index (Phi) is 7.40. The lowest BCUT2D eigenvalue weighted by atomic mass is 10.1. The molecule has 11 heteroatoms. The van der Waals surface area contributed by atoms with Crippen LogP contribution < -0.4 is 5.73 Å². The number of amides is 1. The Morgan fingerprint density at radius 1 is 1.16 bits per heavy atom. The smallest absolute Gasteiger partial charge is 0.431 e. The van der Waals surface area contributed by atoms with Crippen molar-refractivity contribution in [3.8, 4) is 22.7 Å². The van der Waals surface area contributed by atoms with Crippen LogP contribution >= 0.6 is 7.82 Å². The van der Waals surface area contributed by atoms with Gasteiger partial charge in [-0.15, -0.1) is 0 Å². The molecule has 1 aromatic carbocycles. The van der Waals surface area contributed by atoms with Crippen LogP contribution in [0.1, 0.15) is 30.1 Å². The van der Waals surface area contributed by atoms with Crippen LogP contribution in [0.5, 0.6) is 0 Å². The number of aromatic nitrogens is 3. The lowest BCUT2D eigenvalue weighted by Crippen LogP contribution is -2.10. The number of benzene rings is 1. The molecule has 0 fully saturated rings. The second kappa shape index (κ2) is 10.0. The van der Waals surface area contributed by atoms with Gasteiger partial charge in [-0.1, -0.05) is 12.1 Å². The average Bonchev–Trinajstić information content (AvgIpc) is 3.36. The number of primary amides is 1. The molecular weight excluding hydrogens is 423 g/mol. The van der Waals surface area contributed by atoms with Crippen molar-refractivity contribution in [3.05, 3.63) is 48.0 Å². The third-order valence-electron chi connectivity index (χ3n) is 4.26. The second-order valence-electron chi connectivity index (χ2n) is 6.48. The number of aryl methyl sites for hydroxylation is 1. The quantitative estimate of drug-likeness (QED) is 0.438. The third-order valence-corrected chi connectivity index (χ3v) is 5.91. The fourth-order valence-corrected chi connectivity index (χ4v) is 4.04. The van der Waals surface area contributed by atoms with Gasteiger partial charge in [0, 0.05) is 16.8 Å². The summed E-state index contributed by atoms with van der Waals surface area (Å²) < 4.78 is 35.2. The highest BCUT2D eigenvalue weighted by Crippen LogP contribution is 2.49. The number of phosphoric acid groups is 1. The molecule has 0 aliphatic carbocycles. The van der Waals surface area contributed by atoms with Crippen molar-refractivity contribution in [2.45, 2.75) is 27.3 Å². The molecule has 3 aromatic rings. The molecular formula is C20H25N4O6P. The summed E-state index contributed by atoms with van der Waals surface area (Å²) in [6, 6.07) is 9.35. The van der Waals surface area contributed by atoms with E-state index in [0.717, 1.165) is 17.0 Å². The number of carbonyl (C=O) groups excluding carboxylic acids is 1. The van der Waals surface area contributed by atoms with E-state index >= 15 is 0 Å². The van der Waals surface area contributed by atoms with Gasteiger partial charge in [0.25, 0.3) is 5.91 Å². The lowest BCUT2D eigenvalue weighted by Gasteiger charge is -2.16. The van der Waals surface area contributed by atoms with Gasteiger partial charge in [-0.3, -0.25) is 23.0 Å². The topological polar surface area (TPSA) is 132 Å². The lowest BCUT2D eigenvalue weighted by molar-refractivity contribution is 0.0974. The first-order valence-corrected chi connectivity index (χ1v) is 11.3. The summed E-state index contributed by atoms with van der Waals surface area (Å²) in [4.78, 5) is 15.3. The summed E-state index contributed by atoms with van der Waals surface area (Å²) in [6.07, 6.45) is 1.30. The van der Waals surface area contributed by atoms with Gasteiger partial charge >= 0.3 is 7.82 Å². The maximum absolute atomic E-state index is 12.4. The minimum Gasteiger partial charge on any atom is -0.431 e. The van der Waals surface area contributed by atoms with E-state index in [0.29, 0.717) is 18.0 Å². The highest BCUT2D eigenvalue weighted by Gasteiger charge is 2.25. The van der Waals surface area contributed by atoms with Crippen molar-refractivity contribution < 1.29 is 27.3 Å². The summed E-state index contributed by atoms with van der Waals surface area (Å²) in [7, 11) is -3.56. The number of nitrogens with zero attached hydrogens (tertiary/aromatic N) is 3. The van der Waals surface area contributed by atoms with Crippen molar-refractivity contribution in [3.63, 3.8) is 0 Å². The van der Waals surface area contributed by atoms with Gasteiger partial charge < -0.3 is 10.2 Å². The second-order valence-corrected chi connectivity index (χ2v) is 8.15. The van der Waals surface area contributed by atoms with E-state index in [2.05, 4.69) is 10.1 Å². The number of hydrogen-bond acceptors (Lipinski definition) is 8.